The summed E-state index contributed by atoms with van der Waals surface area (Å²) in [4.78, 5) is 12.0. The van der Waals surface area contributed by atoms with Crippen molar-refractivity contribution < 1.29 is 4.79 Å². The van der Waals surface area contributed by atoms with Gasteiger partial charge in [0.25, 0.3) is 0 Å². The molecule has 1 aliphatic heterocycles. The Kier molecular flexibility index (Phi) is 2.48. The highest BCUT2D eigenvalue weighted by atomic mass is 16.2. The van der Waals surface area contributed by atoms with Gasteiger partial charge >= 0.3 is 0 Å². The Hall–Kier alpha value is -1.36. The van der Waals surface area contributed by atoms with E-state index in [1.54, 1.807) is 6.20 Å². The zero-order valence-corrected chi connectivity index (χ0v) is 9.05. The number of rotatable bonds is 2. The molecule has 82 valence electrons. The van der Waals surface area contributed by atoms with Crippen LogP contribution in [0.1, 0.15) is 25.3 Å². The lowest BCUT2D eigenvalue weighted by atomic mass is 9.99. The second-order valence-electron chi connectivity index (χ2n) is 4.24. The van der Waals surface area contributed by atoms with Crippen molar-refractivity contribution in [1.82, 2.24) is 15.5 Å². The Morgan fingerprint density at radius 3 is 3.00 bits per heavy atom. The number of carbonyl (C=O) groups is 1. The maximum Gasteiger partial charge on any atom is 0.245 e. The summed E-state index contributed by atoms with van der Waals surface area (Å²) < 4.78 is 0. The predicted octanol–water partition coefficient (Wildman–Crippen LogP) is 0.799. The molecule has 15 heavy (non-hydrogen) atoms. The Morgan fingerprint density at radius 1 is 1.67 bits per heavy atom. The maximum atomic E-state index is 12.0. The van der Waals surface area contributed by atoms with E-state index in [2.05, 4.69) is 20.8 Å². The molecule has 5 heteroatoms. The van der Waals surface area contributed by atoms with Crippen molar-refractivity contribution in [3.63, 3.8) is 0 Å². The van der Waals surface area contributed by atoms with E-state index in [0.29, 0.717) is 5.82 Å². The number of aromatic amines is 1. The second kappa shape index (κ2) is 3.66. The molecule has 0 aromatic carbocycles. The highest BCUT2D eigenvalue weighted by Gasteiger charge is 2.36. The Labute approximate surface area is 88.6 Å². The summed E-state index contributed by atoms with van der Waals surface area (Å²) in [5, 5.41) is 12.7. The Balaban J connectivity index is 2.07. The van der Waals surface area contributed by atoms with Gasteiger partial charge in [0.2, 0.25) is 5.91 Å². The van der Waals surface area contributed by atoms with Gasteiger partial charge in [-0.2, -0.15) is 5.10 Å². The molecule has 3 N–H and O–H groups in total. The molecule has 1 aromatic heterocycles. The Morgan fingerprint density at radius 2 is 2.47 bits per heavy atom. The van der Waals surface area contributed by atoms with E-state index in [4.69, 9.17) is 0 Å². The molecule has 0 bridgehead atoms. The third-order valence-electron chi connectivity index (χ3n) is 2.94. The van der Waals surface area contributed by atoms with Crippen LogP contribution in [-0.2, 0) is 4.79 Å². The lowest BCUT2D eigenvalue weighted by molar-refractivity contribution is -0.121. The molecule has 1 atom stereocenters. The van der Waals surface area contributed by atoms with E-state index in [-0.39, 0.29) is 5.91 Å². The average molecular weight is 208 g/mol. The van der Waals surface area contributed by atoms with Gasteiger partial charge in [-0.15, -0.1) is 0 Å². The van der Waals surface area contributed by atoms with Gasteiger partial charge in [-0.3, -0.25) is 9.89 Å². The number of anilines is 1. The maximum absolute atomic E-state index is 12.0. The third-order valence-corrected chi connectivity index (χ3v) is 2.94. The lowest BCUT2D eigenvalue weighted by Crippen LogP contribution is -2.48. The highest BCUT2D eigenvalue weighted by molar-refractivity contribution is 5.97. The van der Waals surface area contributed by atoms with Crippen molar-refractivity contribution in [2.45, 2.75) is 32.2 Å². The van der Waals surface area contributed by atoms with Gasteiger partial charge < -0.3 is 10.6 Å². The molecule has 1 aromatic rings. The summed E-state index contributed by atoms with van der Waals surface area (Å²) in [6.07, 6.45) is 3.62. The van der Waals surface area contributed by atoms with Crippen LogP contribution in [0.15, 0.2) is 6.20 Å². The molecular weight excluding hydrogens is 192 g/mol. The number of nitrogens with one attached hydrogen (secondary N) is 3. The summed E-state index contributed by atoms with van der Waals surface area (Å²) >= 11 is 0. The van der Waals surface area contributed by atoms with Crippen LogP contribution < -0.4 is 10.6 Å². The van der Waals surface area contributed by atoms with E-state index in [0.717, 1.165) is 24.9 Å². The number of H-pyrrole nitrogens is 1. The molecule has 1 fully saturated rings. The van der Waals surface area contributed by atoms with Crippen molar-refractivity contribution in [3.8, 4) is 0 Å². The van der Waals surface area contributed by atoms with Crippen LogP contribution in [0.25, 0.3) is 0 Å². The SMILES string of the molecule is Cc1cn[nH]c1NC(=O)C1(C)CCCN1. The highest BCUT2D eigenvalue weighted by Crippen LogP contribution is 2.20. The largest absolute Gasteiger partial charge is 0.309 e. The first-order valence-electron chi connectivity index (χ1n) is 5.18. The number of hydrogen-bond donors (Lipinski definition) is 3. The summed E-state index contributed by atoms with van der Waals surface area (Å²) in [5.41, 5.74) is 0.516. The summed E-state index contributed by atoms with van der Waals surface area (Å²) in [6, 6.07) is 0. The van der Waals surface area contributed by atoms with Crippen LogP contribution >= 0.6 is 0 Å². The van der Waals surface area contributed by atoms with E-state index >= 15 is 0 Å². The quantitative estimate of drug-likeness (QED) is 0.673. The monoisotopic (exact) mass is 208 g/mol. The first kappa shape index (κ1) is 10.2. The molecule has 1 aliphatic rings. The van der Waals surface area contributed by atoms with Gasteiger partial charge in [0, 0.05) is 5.56 Å². The molecule has 2 rings (SSSR count). The molecule has 0 aliphatic carbocycles. The fourth-order valence-electron chi connectivity index (χ4n) is 1.81. The topological polar surface area (TPSA) is 69.8 Å². The molecule has 0 radical (unpaired) electrons. The van der Waals surface area contributed by atoms with Gasteiger partial charge in [0.05, 0.1) is 11.7 Å². The van der Waals surface area contributed by atoms with Crippen molar-refractivity contribution in [1.29, 1.82) is 0 Å². The molecule has 0 saturated carbocycles. The normalized spacial score (nSPS) is 25.5. The van der Waals surface area contributed by atoms with Gasteiger partial charge in [0.1, 0.15) is 5.82 Å². The van der Waals surface area contributed by atoms with Crippen LogP contribution in [0.4, 0.5) is 5.82 Å². The van der Waals surface area contributed by atoms with E-state index in [1.807, 2.05) is 13.8 Å². The lowest BCUT2D eigenvalue weighted by Gasteiger charge is -2.22. The van der Waals surface area contributed by atoms with Crippen LogP contribution in [0.5, 0.6) is 0 Å². The number of aromatic nitrogens is 2. The molecule has 1 saturated heterocycles. The number of carbonyl (C=O) groups excluding carboxylic acids is 1. The van der Waals surface area contributed by atoms with Gasteiger partial charge in [-0.05, 0) is 33.2 Å². The Bertz CT molecular complexity index is 365. The van der Waals surface area contributed by atoms with E-state index in [1.165, 1.54) is 0 Å². The smallest absolute Gasteiger partial charge is 0.245 e. The van der Waals surface area contributed by atoms with E-state index in [9.17, 15) is 4.79 Å². The number of hydrogen-bond acceptors (Lipinski definition) is 3. The average Bonchev–Trinajstić information content (AvgIpc) is 2.78. The minimum atomic E-state index is -0.433. The summed E-state index contributed by atoms with van der Waals surface area (Å²) in [7, 11) is 0. The summed E-state index contributed by atoms with van der Waals surface area (Å²) in [6.45, 7) is 4.75. The standard InChI is InChI=1S/C10H16N4O/c1-7-6-12-14-8(7)13-9(15)10(2)4-3-5-11-10/h6,11H,3-5H2,1-2H3,(H2,12,13,14,15). The van der Waals surface area contributed by atoms with E-state index < -0.39 is 5.54 Å². The van der Waals surface area contributed by atoms with Crippen molar-refractivity contribution >= 4 is 11.7 Å². The zero-order valence-electron chi connectivity index (χ0n) is 9.05. The minimum Gasteiger partial charge on any atom is -0.309 e. The van der Waals surface area contributed by atoms with Crippen LogP contribution in [0, 0.1) is 6.92 Å². The zero-order chi connectivity index (χ0) is 10.9. The van der Waals surface area contributed by atoms with Crippen LogP contribution in [0.3, 0.4) is 0 Å². The van der Waals surface area contributed by atoms with Gasteiger partial charge in [0.15, 0.2) is 0 Å². The molecule has 1 unspecified atom stereocenters. The van der Waals surface area contributed by atoms with Crippen molar-refractivity contribution in [2.75, 3.05) is 11.9 Å². The van der Waals surface area contributed by atoms with Crippen LogP contribution in [0.2, 0.25) is 0 Å². The first-order valence-corrected chi connectivity index (χ1v) is 5.18. The molecule has 0 spiro atoms. The predicted molar refractivity (Wildman–Crippen MR) is 57.6 cm³/mol. The van der Waals surface area contributed by atoms with Crippen LogP contribution in [-0.4, -0.2) is 28.2 Å². The molecule has 2 heterocycles. The minimum absolute atomic E-state index is 0.00681. The third kappa shape index (κ3) is 1.87. The molecule has 5 nitrogen and oxygen atoms in total. The summed E-state index contributed by atoms with van der Waals surface area (Å²) in [5.74, 6) is 0.697. The van der Waals surface area contributed by atoms with Gasteiger partial charge in [-0.25, -0.2) is 0 Å². The number of aryl methyl sites for hydroxylation is 1. The fourth-order valence-corrected chi connectivity index (χ4v) is 1.81. The molecule has 1 amide bonds. The molecular formula is C10H16N4O. The fraction of sp³-hybridized carbons (Fsp3) is 0.600. The number of nitrogens with zero attached hydrogens (tertiary/aromatic N) is 1. The van der Waals surface area contributed by atoms with Crippen molar-refractivity contribution in [3.05, 3.63) is 11.8 Å². The second-order valence-corrected chi connectivity index (χ2v) is 4.24. The van der Waals surface area contributed by atoms with Gasteiger partial charge in [-0.1, -0.05) is 0 Å². The number of amides is 1. The first-order chi connectivity index (χ1) is 7.12. The van der Waals surface area contributed by atoms with Crippen molar-refractivity contribution in [2.24, 2.45) is 0 Å².